The van der Waals surface area contributed by atoms with E-state index in [4.69, 9.17) is 9.56 Å². The maximum atomic E-state index is 13.5. The summed E-state index contributed by atoms with van der Waals surface area (Å²) in [5, 5.41) is 7.39. The van der Waals surface area contributed by atoms with Crippen LogP contribution >= 0.6 is 15.9 Å². The molecule has 8 heteroatoms. The Hall–Kier alpha value is -1.38. The van der Waals surface area contributed by atoms with Gasteiger partial charge in [0, 0.05) is 4.47 Å². The largest absolute Gasteiger partial charge is 0.446 e. The first-order chi connectivity index (χ1) is 8.86. The lowest BCUT2D eigenvalue weighted by Gasteiger charge is -2.05. The van der Waals surface area contributed by atoms with Crippen molar-refractivity contribution in [3.8, 4) is 0 Å². The molecule has 0 amide bonds. The standard InChI is InChI=1S/C11H10BrFN2O3S/c12-7-1-3-10(9(13)5-7)15-6-8-2-4-11(18-8)19(14,16)17/h1-5,15H,6H2,(H2,14,16,17). The molecule has 5 nitrogen and oxygen atoms in total. The van der Waals surface area contributed by atoms with Gasteiger partial charge in [0.1, 0.15) is 11.6 Å². The molecule has 0 radical (unpaired) electrons. The van der Waals surface area contributed by atoms with Gasteiger partial charge >= 0.3 is 0 Å². The molecule has 0 unspecified atom stereocenters. The molecule has 102 valence electrons. The van der Waals surface area contributed by atoms with Gasteiger partial charge in [0.2, 0.25) is 5.09 Å². The minimum atomic E-state index is -3.85. The van der Waals surface area contributed by atoms with Crippen LogP contribution in [-0.4, -0.2) is 8.42 Å². The molecular weight excluding hydrogens is 339 g/mol. The average Bonchev–Trinajstić information content (AvgIpc) is 2.76. The summed E-state index contributed by atoms with van der Waals surface area (Å²) >= 11 is 3.15. The van der Waals surface area contributed by atoms with E-state index in [1.807, 2.05) is 0 Å². The molecule has 0 saturated heterocycles. The number of sulfonamides is 1. The van der Waals surface area contributed by atoms with E-state index < -0.39 is 15.8 Å². The van der Waals surface area contributed by atoms with Crippen molar-refractivity contribution in [1.82, 2.24) is 0 Å². The average molecular weight is 349 g/mol. The van der Waals surface area contributed by atoms with Crippen molar-refractivity contribution in [2.75, 3.05) is 5.32 Å². The summed E-state index contributed by atoms with van der Waals surface area (Å²) in [6.45, 7) is 0.147. The van der Waals surface area contributed by atoms with Crippen LogP contribution in [0.25, 0.3) is 0 Å². The van der Waals surface area contributed by atoms with Crippen molar-refractivity contribution in [1.29, 1.82) is 0 Å². The van der Waals surface area contributed by atoms with Crippen LogP contribution in [0.1, 0.15) is 5.76 Å². The molecule has 0 aliphatic carbocycles. The van der Waals surface area contributed by atoms with Crippen LogP contribution in [0.5, 0.6) is 0 Å². The van der Waals surface area contributed by atoms with Crippen molar-refractivity contribution in [3.63, 3.8) is 0 Å². The van der Waals surface area contributed by atoms with Gasteiger partial charge in [-0.15, -0.1) is 0 Å². The Morgan fingerprint density at radius 1 is 1.32 bits per heavy atom. The van der Waals surface area contributed by atoms with Gasteiger partial charge in [-0.05, 0) is 30.3 Å². The zero-order valence-electron chi connectivity index (χ0n) is 9.56. The first-order valence-corrected chi connectivity index (χ1v) is 7.50. The van der Waals surface area contributed by atoms with E-state index in [2.05, 4.69) is 21.2 Å². The van der Waals surface area contributed by atoms with Crippen molar-refractivity contribution >= 4 is 31.6 Å². The van der Waals surface area contributed by atoms with Gasteiger partial charge in [-0.1, -0.05) is 15.9 Å². The third kappa shape index (κ3) is 3.55. The van der Waals surface area contributed by atoms with E-state index in [0.29, 0.717) is 10.2 Å². The summed E-state index contributed by atoms with van der Waals surface area (Å²) in [6, 6.07) is 7.28. The van der Waals surface area contributed by atoms with E-state index in [0.717, 1.165) is 0 Å². The smallest absolute Gasteiger partial charge is 0.271 e. The molecule has 0 aliphatic rings. The van der Waals surface area contributed by atoms with E-state index in [9.17, 15) is 12.8 Å². The van der Waals surface area contributed by atoms with Gasteiger partial charge in [-0.2, -0.15) is 0 Å². The predicted octanol–water partition coefficient (Wildman–Crippen LogP) is 2.44. The fourth-order valence-corrected chi connectivity index (χ4v) is 2.24. The highest BCUT2D eigenvalue weighted by Crippen LogP contribution is 2.20. The molecule has 1 aromatic heterocycles. The number of nitrogens with one attached hydrogen (secondary N) is 1. The van der Waals surface area contributed by atoms with Crippen LogP contribution in [0, 0.1) is 5.82 Å². The Labute approximate surface area is 117 Å². The van der Waals surface area contributed by atoms with Crippen molar-refractivity contribution in [2.24, 2.45) is 5.14 Å². The highest BCUT2D eigenvalue weighted by atomic mass is 79.9. The number of rotatable bonds is 4. The van der Waals surface area contributed by atoms with Crippen LogP contribution in [0.2, 0.25) is 0 Å². The topological polar surface area (TPSA) is 85.3 Å². The van der Waals surface area contributed by atoms with Crippen molar-refractivity contribution in [3.05, 3.63) is 46.4 Å². The quantitative estimate of drug-likeness (QED) is 0.888. The van der Waals surface area contributed by atoms with E-state index >= 15 is 0 Å². The number of primary sulfonamides is 1. The number of nitrogens with two attached hydrogens (primary N) is 1. The van der Waals surface area contributed by atoms with Crippen molar-refractivity contribution in [2.45, 2.75) is 11.6 Å². The second-order valence-corrected chi connectivity index (χ2v) is 6.15. The second kappa shape index (κ2) is 5.32. The van der Waals surface area contributed by atoms with E-state index in [1.54, 1.807) is 12.1 Å². The van der Waals surface area contributed by atoms with Gasteiger partial charge in [0.25, 0.3) is 10.0 Å². The van der Waals surface area contributed by atoms with Gasteiger partial charge in [0.15, 0.2) is 0 Å². The first-order valence-electron chi connectivity index (χ1n) is 5.17. The SMILES string of the molecule is NS(=O)(=O)c1ccc(CNc2ccc(Br)cc2F)o1. The molecule has 1 heterocycles. The Bertz CT molecular complexity index is 700. The molecule has 2 aromatic rings. The van der Waals surface area contributed by atoms with Gasteiger partial charge < -0.3 is 9.73 Å². The molecule has 0 fully saturated rings. The molecule has 3 N–H and O–H groups in total. The summed E-state index contributed by atoms with van der Waals surface area (Å²) in [7, 11) is -3.85. The molecule has 0 saturated carbocycles. The Morgan fingerprint density at radius 3 is 2.63 bits per heavy atom. The monoisotopic (exact) mass is 348 g/mol. The third-order valence-corrected chi connectivity index (χ3v) is 3.58. The molecule has 1 aromatic carbocycles. The summed E-state index contributed by atoms with van der Waals surface area (Å²) in [4.78, 5) is 0. The fourth-order valence-electron chi connectivity index (χ4n) is 1.42. The van der Waals surface area contributed by atoms with E-state index in [-0.39, 0.29) is 17.3 Å². The number of benzene rings is 1. The Kier molecular flexibility index (Phi) is 3.93. The molecule has 0 atom stereocenters. The lowest BCUT2D eigenvalue weighted by Crippen LogP contribution is -2.10. The summed E-state index contributed by atoms with van der Waals surface area (Å²) in [5.41, 5.74) is 0.289. The van der Waals surface area contributed by atoms with Crippen molar-refractivity contribution < 1.29 is 17.2 Å². The minimum absolute atomic E-state index is 0.147. The highest BCUT2D eigenvalue weighted by Gasteiger charge is 2.13. The summed E-state index contributed by atoms with van der Waals surface area (Å²) in [6.07, 6.45) is 0. The van der Waals surface area contributed by atoms with Crippen LogP contribution in [0.4, 0.5) is 10.1 Å². The van der Waals surface area contributed by atoms with Gasteiger partial charge in [0.05, 0.1) is 12.2 Å². The van der Waals surface area contributed by atoms with Crippen LogP contribution in [0.3, 0.4) is 0 Å². The lowest BCUT2D eigenvalue weighted by molar-refractivity contribution is 0.419. The summed E-state index contributed by atoms with van der Waals surface area (Å²) < 4.78 is 41.2. The normalized spacial score (nSPS) is 11.5. The maximum absolute atomic E-state index is 13.5. The van der Waals surface area contributed by atoms with Gasteiger partial charge in [-0.25, -0.2) is 17.9 Å². The predicted molar refractivity (Wildman–Crippen MR) is 71.5 cm³/mol. The third-order valence-electron chi connectivity index (χ3n) is 2.30. The molecule has 19 heavy (non-hydrogen) atoms. The number of furan rings is 1. The zero-order valence-corrected chi connectivity index (χ0v) is 12.0. The maximum Gasteiger partial charge on any atom is 0.271 e. The number of hydrogen-bond donors (Lipinski definition) is 2. The first kappa shape index (κ1) is 14.0. The minimum Gasteiger partial charge on any atom is -0.446 e. The van der Waals surface area contributed by atoms with E-state index in [1.165, 1.54) is 18.2 Å². The fraction of sp³-hybridized carbons (Fsp3) is 0.0909. The number of halogens is 2. The molecule has 0 aliphatic heterocycles. The molecule has 0 bridgehead atoms. The number of anilines is 1. The lowest BCUT2D eigenvalue weighted by atomic mass is 10.3. The Balaban J connectivity index is 2.09. The summed E-state index contributed by atoms with van der Waals surface area (Å²) in [5.74, 6) is -0.0843. The second-order valence-electron chi connectivity index (χ2n) is 3.74. The zero-order chi connectivity index (χ0) is 14.0. The van der Waals surface area contributed by atoms with Crippen LogP contribution < -0.4 is 10.5 Å². The van der Waals surface area contributed by atoms with Gasteiger partial charge in [-0.3, -0.25) is 0 Å². The number of hydrogen-bond acceptors (Lipinski definition) is 4. The Morgan fingerprint density at radius 2 is 2.05 bits per heavy atom. The molecule has 0 spiro atoms. The molecule has 2 rings (SSSR count). The van der Waals surface area contributed by atoms with Crippen LogP contribution in [-0.2, 0) is 16.6 Å². The molecular formula is C11H10BrFN2O3S. The highest BCUT2D eigenvalue weighted by molar-refractivity contribution is 9.10. The van der Waals surface area contributed by atoms with Crippen LogP contribution in [0.15, 0.2) is 44.3 Å².